The summed E-state index contributed by atoms with van der Waals surface area (Å²) in [7, 11) is 1.87. The number of halogens is 1. The summed E-state index contributed by atoms with van der Waals surface area (Å²) in [5.74, 6) is -0.114. The molecule has 0 heterocycles. The van der Waals surface area contributed by atoms with E-state index in [0.29, 0.717) is 11.8 Å². The third-order valence-electron chi connectivity index (χ3n) is 1.77. The maximum atomic E-state index is 13.5. The molecule has 1 aromatic rings. The Morgan fingerprint density at radius 3 is 2.71 bits per heavy atom. The highest BCUT2D eigenvalue weighted by Gasteiger charge is 2.09. The van der Waals surface area contributed by atoms with Gasteiger partial charge in [0.1, 0.15) is 5.82 Å². The van der Waals surface area contributed by atoms with Crippen molar-refractivity contribution in [1.29, 1.82) is 0 Å². The van der Waals surface area contributed by atoms with Crippen LogP contribution >= 0.6 is 11.8 Å². The van der Waals surface area contributed by atoms with Crippen molar-refractivity contribution in [2.24, 2.45) is 0 Å². The Morgan fingerprint density at radius 2 is 2.14 bits per heavy atom. The van der Waals surface area contributed by atoms with Crippen LogP contribution in [0, 0.1) is 5.82 Å². The van der Waals surface area contributed by atoms with Crippen LogP contribution < -0.4 is 5.32 Å². The first-order valence-electron chi connectivity index (χ1n) is 4.73. The van der Waals surface area contributed by atoms with Crippen LogP contribution in [0.4, 0.5) is 4.39 Å². The van der Waals surface area contributed by atoms with Gasteiger partial charge in [-0.05, 0) is 18.7 Å². The molecule has 0 aliphatic rings. The van der Waals surface area contributed by atoms with Crippen molar-refractivity contribution in [1.82, 2.24) is 5.32 Å². The summed E-state index contributed by atoms with van der Waals surface area (Å²) in [5, 5.41) is 3.45. The molecule has 0 atom stereocenters. The van der Waals surface area contributed by atoms with Gasteiger partial charge >= 0.3 is 0 Å². The van der Waals surface area contributed by atoms with Gasteiger partial charge in [-0.1, -0.05) is 26.0 Å². The summed E-state index contributed by atoms with van der Waals surface area (Å²) < 4.78 is 13.5. The Morgan fingerprint density at radius 1 is 1.43 bits per heavy atom. The summed E-state index contributed by atoms with van der Waals surface area (Å²) >= 11 is 1.58. The molecule has 0 amide bonds. The second kappa shape index (κ2) is 5.37. The average molecular weight is 213 g/mol. The summed E-state index contributed by atoms with van der Waals surface area (Å²) in [6, 6.07) is 5.24. The van der Waals surface area contributed by atoms with Gasteiger partial charge in [-0.3, -0.25) is 0 Å². The van der Waals surface area contributed by atoms with Gasteiger partial charge in [0.2, 0.25) is 0 Å². The minimum atomic E-state index is -0.114. The first-order valence-corrected chi connectivity index (χ1v) is 5.61. The van der Waals surface area contributed by atoms with Crippen molar-refractivity contribution in [3.63, 3.8) is 0 Å². The van der Waals surface area contributed by atoms with Crippen molar-refractivity contribution in [2.75, 3.05) is 7.05 Å². The van der Waals surface area contributed by atoms with Gasteiger partial charge in [0.05, 0.1) is 0 Å². The van der Waals surface area contributed by atoms with Crippen molar-refractivity contribution < 1.29 is 4.39 Å². The lowest BCUT2D eigenvalue weighted by Gasteiger charge is -2.11. The zero-order chi connectivity index (χ0) is 10.6. The summed E-state index contributed by atoms with van der Waals surface area (Å²) in [5.41, 5.74) is 1.03. The van der Waals surface area contributed by atoms with Crippen LogP contribution in [0.15, 0.2) is 23.1 Å². The Kier molecular flexibility index (Phi) is 4.42. The standard InChI is InChI=1S/C11H16FNS/c1-8(2)14-11-9(7-13-3)5-4-6-10(11)12/h4-6,8,13H,7H2,1-3H3. The molecule has 0 fully saturated rings. The fourth-order valence-electron chi connectivity index (χ4n) is 1.25. The van der Waals surface area contributed by atoms with Crippen LogP contribution in [0.25, 0.3) is 0 Å². The average Bonchev–Trinajstić information content (AvgIpc) is 2.11. The minimum absolute atomic E-state index is 0.114. The Balaban J connectivity index is 2.96. The third-order valence-corrected chi connectivity index (χ3v) is 2.93. The molecule has 0 aliphatic heterocycles. The molecule has 0 spiro atoms. The normalized spacial score (nSPS) is 10.9. The van der Waals surface area contributed by atoms with Crippen LogP contribution in [0.3, 0.4) is 0 Å². The molecule has 0 saturated carbocycles. The molecule has 0 saturated heterocycles. The number of nitrogens with one attached hydrogen (secondary N) is 1. The lowest BCUT2D eigenvalue weighted by molar-refractivity contribution is 0.594. The van der Waals surface area contributed by atoms with Crippen molar-refractivity contribution >= 4 is 11.8 Å². The predicted molar refractivity (Wildman–Crippen MR) is 60.2 cm³/mol. The molecule has 0 unspecified atom stereocenters. The lowest BCUT2D eigenvalue weighted by Crippen LogP contribution is -2.07. The highest BCUT2D eigenvalue weighted by Crippen LogP contribution is 2.29. The SMILES string of the molecule is CNCc1cccc(F)c1SC(C)C. The summed E-state index contributed by atoms with van der Waals surface area (Å²) in [4.78, 5) is 0.775. The van der Waals surface area contributed by atoms with Gasteiger partial charge < -0.3 is 5.32 Å². The second-order valence-corrected chi connectivity index (χ2v) is 5.01. The smallest absolute Gasteiger partial charge is 0.137 e. The van der Waals surface area contributed by atoms with E-state index < -0.39 is 0 Å². The first kappa shape index (κ1) is 11.5. The van der Waals surface area contributed by atoms with E-state index in [4.69, 9.17) is 0 Å². The van der Waals surface area contributed by atoms with E-state index in [2.05, 4.69) is 19.2 Å². The lowest BCUT2D eigenvalue weighted by atomic mass is 10.2. The van der Waals surface area contributed by atoms with E-state index >= 15 is 0 Å². The van der Waals surface area contributed by atoms with E-state index in [1.807, 2.05) is 13.1 Å². The van der Waals surface area contributed by atoms with Gasteiger partial charge in [-0.25, -0.2) is 4.39 Å². The molecule has 14 heavy (non-hydrogen) atoms. The molecule has 3 heteroatoms. The Bertz CT molecular complexity index is 299. The highest BCUT2D eigenvalue weighted by atomic mass is 32.2. The van der Waals surface area contributed by atoms with E-state index in [9.17, 15) is 4.39 Å². The number of hydrogen-bond donors (Lipinski definition) is 1. The predicted octanol–water partition coefficient (Wildman–Crippen LogP) is 3.05. The maximum absolute atomic E-state index is 13.5. The van der Waals surface area contributed by atoms with Gasteiger partial charge in [0.25, 0.3) is 0 Å². The second-order valence-electron chi connectivity index (χ2n) is 3.43. The number of thioether (sulfide) groups is 1. The zero-order valence-electron chi connectivity index (χ0n) is 8.80. The molecule has 1 aromatic carbocycles. The fraction of sp³-hybridized carbons (Fsp3) is 0.455. The molecule has 1 rings (SSSR count). The highest BCUT2D eigenvalue weighted by molar-refractivity contribution is 8.00. The maximum Gasteiger partial charge on any atom is 0.137 e. The van der Waals surface area contributed by atoms with Crippen LogP contribution in [0.2, 0.25) is 0 Å². The van der Waals surface area contributed by atoms with E-state index in [-0.39, 0.29) is 5.82 Å². The molecule has 78 valence electrons. The van der Waals surface area contributed by atoms with Crippen molar-refractivity contribution in [3.8, 4) is 0 Å². The molecular formula is C11H16FNS. The third kappa shape index (κ3) is 3.00. The summed E-state index contributed by atoms with van der Waals surface area (Å²) in [6.07, 6.45) is 0. The molecule has 0 bridgehead atoms. The van der Waals surface area contributed by atoms with Gasteiger partial charge in [-0.2, -0.15) is 0 Å². The van der Waals surface area contributed by atoms with Gasteiger partial charge in [0.15, 0.2) is 0 Å². The van der Waals surface area contributed by atoms with Crippen LogP contribution in [0.5, 0.6) is 0 Å². The van der Waals surface area contributed by atoms with Gasteiger partial charge in [-0.15, -0.1) is 11.8 Å². The zero-order valence-corrected chi connectivity index (χ0v) is 9.62. The minimum Gasteiger partial charge on any atom is -0.316 e. The van der Waals surface area contributed by atoms with E-state index in [0.717, 1.165) is 10.5 Å². The molecular weight excluding hydrogens is 197 g/mol. The number of hydrogen-bond acceptors (Lipinski definition) is 2. The Hall–Kier alpha value is -0.540. The number of benzene rings is 1. The van der Waals surface area contributed by atoms with Crippen molar-refractivity contribution in [2.45, 2.75) is 30.5 Å². The van der Waals surface area contributed by atoms with E-state index in [1.54, 1.807) is 17.8 Å². The molecule has 1 N–H and O–H groups in total. The van der Waals surface area contributed by atoms with Gasteiger partial charge in [0, 0.05) is 16.7 Å². The van der Waals surface area contributed by atoms with E-state index in [1.165, 1.54) is 6.07 Å². The van der Waals surface area contributed by atoms with Crippen LogP contribution in [-0.2, 0) is 6.54 Å². The monoisotopic (exact) mass is 213 g/mol. The fourth-order valence-corrected chi connectivity index (χ4v) is 2.19. The van der Waals surface area contributed by atoms with Crippen LogP contribution in [-0.4, -0.2) is 12.3 Å². The van der Waals surface area contributed by atoms with Crippen LogP contribution in [0.1, 0.15) is 19.4 Å². The largest absolute Gasteiger partial charge is 0.316 e. The first-order chi connectivity index (χ1) is 6.65. The summed E-state index contributed by atoms with van der Waals surface area (Å²) in [6.45, 7) is 4.85. The topological polar surface area (TPSA) is 12.0 Å². The quantitative estimate of drug-likeness (QED) is 0.771. The molecule has 1 nitrogen and oxygen atoms in total. The Labute approximate surface area is 89.1 Å². The molecule has 0 aliphatic carbocycles. The molecule has 0 aromatic heterocycles. The number of rotatable bonds is 4. The van der Waals surface area contributed by atoms with Crippen molar-refractivity contribution in [3.05, 3.63) is 29.6 Å². The molecule has 0 radical (unpaired) electrons.